The molecule has 0 N–H and O–H groups in total. The van der Waals surface area contributed by atoms with Crippen LogP contribution in [-0.4, -0.2) is 59.6 Å². The van der Waals surface area contributed by atoms with E-state index in [0.717, 1.165) is 0 Å². The smallest absolute Gasteiger partial charge is 0.512 e. The van der Waals surface area contributed by atoms with Gasteiger partial charge in [-0.2, -0.15) is 0 Å². The molecule has 4 fully saturated rings. The monoisotopic (exact) mass is 585 g/mol. The summed E-state index contributed by atoms with van der Waals surface area (Å²) in [6, 6.07) is 0. The predicted molar refractivity (Wildman–Crippen MR) is 61.4 cm³/mol. The Morgan fingerprint density at radius 3 is 0.480 bits per heavy atom. The summed E-state index contributed by atoms with van der Waals surface area (Å²) in [6.45, 7) is 30.9. The van der Waals surface area contributed by atoms with Crippen LogP contribution in [-0.2, 0) is 85.3 Å². The summed E-state index contributed by atoms with van der Waals surface area (Å²) in [5.74, 6) is 0. The molecule has 25 heavy (non-hydrogen) atoms. The molecular formula is C11H12Cu5N9. The molecule has 156 valence electrons. The van der Waals surface area contributed by atoms with E-state index in [9.17, 15) is 0 Å². The second kappa shape index (κ2) is 39.1. The Bertz CT molecular complexity index is 254. The number of rotatable bonds is 0. The maximum atomic E-state index is 6.25. The van der Waals surface area contributed by atoms with Gasteiger partial charge in [-0.25, -0.2) is 0 Å². The van der Waals surface area contributed by atoms with Gasteiger partial charge in [-0.15, -0.1) is 0 Å². The molecule has 0 spiro atoms. The molecule has 0 amide bonds. The van der Waals surface area contributed by atoms with Crippen molar-refractivity contribution in [2.45, 2.75) is 0 Å². The van der Waals surface area contributed by atoms with Gasteiger partial charge in [0.05, 0.1) is 40.0 Å². The first-order valence-corrected chi connectivity index (χ1v) is 4.91. The van der Waals surface area contributed by atoms with Crippen LogP contribution in [0, 0.1) is 59.2 Å². The summed E-state index contributed by atoms with van der Waals surface area (Å²) in [5, 5.41) is 31.2. The van der Waals surface area contributed by atoms with E-state index < -0.39 is 0 Å². The second-order valence-electron chi connectivity index (χ2n) is 3.53. The van der Waals surface area contributed by atoms with E-state index in [1.165, 1.54) is 40.0 Å². The van der Waals surface area contributed by atoms with Crippen LogP contribution in [0.25, 0.3) is 0 Å². The third kappa shape index (κ3) is 20.1. The molecule has 0 aromatic carbocycles. The van der Waals surface area contributed by atoms with Gasteiger partial charge >= 0.3 is 85.3 Å². The zero-order valence-corrected chi connectivity index (χ0v) is 17.0. The Kier molecular flexibility index (Phi) is 77.9. The van der Waals surface area contributed by atoms with Crippen LogP contribution in [0.2, 0.25) is 0 Å². The molecule has 0 unspecified atom stereocenters. The molecule has 0 saturated carbocycles. The zero-order valence-electron chi connectivity index (χ0n) is 12.3. The molecule has 4 saturated heterocycles. The van der Waals surface area contributed by atoms with Crippen LogP contribution in [0.4, 0.5) is 0 Å². The molecule has 0 atom stereocenters. The van der Waals surface area contributed by atoms with Crippen LogP contribution >= 0.6 is 0 Å². The Morgan fingerprint density at radius 2 is 0.400 bits per heavy atom. The Hall–Kier alpha value is -0.113. The molecule has 4 aliphatic rings. The fourth-order valence-corrected chi connectivity index (χ4v) is 2.23. The summed E-state index contributed by atoms with van der Waals surface area (Å²) in [5.41, 5.74) is 0. The fourth-order valence-electron chi connectivity index (χ4n) is 2.23. The molecule has 0 aliphatic carbocycles. The minimum atomic E-state index is 0. The van der Waals surface area contributed by atoms with Crippen molar-refractivity contribution < 1.29 is 85.3 Å². The van der Waals surface area contributed by atoms with Gasteiger partial charge in [0, 0.05) is 0 Å². The fraction of sp³-hybridized carbons (Fsp3) is 0.545. The predicted octanol–water partition coefficient (Wildman–Crippen LogP) is -0.550. The summed E-state index contributed by atoms with van der Waals surface area (Å²) in [4.78, 5) is 9.88. The van der Waals surface area contributed by atoms with E-state index in [1.807, 2.05) is 0 Å². The number of hydrogen-bond donors (Lipinski definition) is 0. The van der Waals surface area contributed by atoms with E-state index in [-0.39, 0.29) is 85.3 Å². The van der Waals surface area contributed by atoms with E-state index in [0.29, 0.717) is 0 Å². The van der Waals surface area contributed by atoms with E-state index in [2.05, 4.69) is 19.6 Å². The molecule has 0 aromatic heterocycles. The van der Waals surface area contributed by atoms with Crippen LogP contribution < -0.4 is 0 Å². The first kappa shape index (κ1) is 49.8. The van der Waals surface area contributed by atoms with Gasteiger partial charge in [0.1, 0.15) is 0 Å². The van der Waals surface area contributed by atoms with Crippen molar-refractivity contribution >= 4 is 0 Å². The standard InChI is InChI=1S/C6H12N4.5CN.5Cu/c1-7-2-9-4-8(1)5-10(3-7)6-9;5*1-2;;;;;/h1-6H2;;;;;;;;;;/q;5*-1;5*+1. The summed E-state index contributed by atoms with van der Waals surface area (Å²) >= 11 is 0. The first-order valence-electron chi connectivity index (χ1n) is 4.91. The molecule has 14 heteroatoms. The number of hydrogen-bond acceptors (Lipinski definition) is 9. The Labute approximate surface area is 202 Å². The Balaban J connectivity index is -0.0000000288. The van der Waals surface area contributed by atoms with E-state index in [4.69, 9.17) is 59.2 Å². The molecule has 4 bridgehead atoms. The van der Waals surface area contributed by atoms with Crippen molar-refractivity contribution in [3.05, 3.63) is 32.9 Å². The van der Waals surface area contributed by atoms with Gasteiger partial charge in [0.15, 0.2) is 0 Å². The van der Waals surface area contributed by atoms with Crippen LogP contribution in [0.1, 0.15) is 0 Å². The quantitative estimate of drug-likeness (QED) is 0.270. The molecule has 0 radical (unpaired) electrons. The minimum absolute atomic E-state index is 0. The van der Waals surface area contributed by atoms with Crippen molar-refractivity contribution in [1.82, 2.24) is 19.6 Å². The van der Waals surface area contributed by atoms with Gasteiger partial charge in [0.25, 0.3) is 0 Å². The maximum absolute atomic E-state index is 6.25. The van der Waals surface area contributed by atoms with Gasteiger partial charge < -0.3 is 59.2 Å². The van der Waals surface area contributed by atoms with Crippen molar-refractivity contribution in [3.63, 3.8) is 0 Å². The minimum Gasteiger partial charge on any atom is -0.512 e. The van der Waals surface area contributed by atoms with Gasteiger partial charge in [0.2, 0.25) is 0 Å². The van der Waals surface area contributed by atoms with Crippen molar-refractivity contribution in [1.29, 1.82) is 26.3 Å². The summed E-state index contributed by atoms with van der Waals surface area (Å²) in [7, 11) is 0. The normalized spacial score (nSPS) is 23.4. The van der Waals surface area contributed by atoms with Crippen LogP contribution in [0.15, 0.2) is 0 Å². The van der Waals surface area contributed by atoms with Gasteiger partial charge in [-0.1, -0.05) is 0 Å². The topological polar surface area (TPSA) is 132 Å². The average Bonchev–Trinajstić information content (AvgIpc) is 2.56. The molecule has 4 rings (SSSR count). The Morgan fingerprint density at radius 1 is 0.320 bits per heavy atom. The molecule has 4 aliphatic heterocycles. The van der Waals surface area contributed by atoms with Crippen molar-refractivity contribution in [2.24, 2.45) is 0 Å². The van der Waals surface area contributed by atoms with Gasteiger partial charge in [-0.05, 0) is 0 Å². The molecule has 0 aromatic rings. The van der Waals surface area contributed by atoms with Gasteiger partial charge in [-0.3, -0.25) is 19.6 Å². The van der Waals surface area contributed by atoms with Crippen LogP contribution in [0.3, 0.4) is 0 Å². The van der Waals surface area contributed by atoms with Crippen molar-refractivity contribution in [2.75, 3.05) is 40.0 Å². The zero-order chi connectivity index (χ0) is 16.6. The largest absolute Gasteiger partial charge is 1.00 e. The molecule has 9 nitrogen and oxygen atoms in total. The molecule has 4 heterocycles. The SMILES string of the molecule is C1N2CN3CN1CN(C2)C3.[C-]#N.[C-]#N.[C-]#N.[C-]#N.[C-]#N.[Cu+].[Cu+].[Cu+].[Cu+].[Cu+]. The third-order valence-electron chi connectivity index (χ3n) is 2.40. The summed E-state index contributed by atoms with van der Waals surface area (Å²) in [6.07, 6.45) is 0. The van der Waals surface area contributed by atoms with Crippen molar-refractivity contribution in [3.8, 4) is 0 Å². The third-order valence-corrected chi connectivity index (χ3v) is 2.40. The van der Waals surface area contributed by atoms with E-state index >= 15 is 0 Å². The summed E-state index contributed by atoms with van der Waals surface area (Å²) < 4.78 is 0. The maximum Gasteiger partial charge on any atom is 1.00 e. The van der Waals surface area contributed by atoms with Crippen LogP contribution in [0.5, 0.6) is 0 Å². The second-order valence-corrected chi connectivity index (χ2v) is 3.53. The number of nitrogens with zero attached hydrogens (tertiary/aromatic N) is 9. The van der Waals surface area contributed by atoms with E-state index in [1.54, 1.807) is 0 Å². The first-order chi connectivity index (χ1) is 9.90. The molecular weight excluding hydrogens is 576 g/mol. The average molecular weight is 588 g/mol.